The van der Waals surface area contributed by atoms with Crippen LogP contribution in [0.1, 0.15) is 16.2 Å². The molecule has 0 unspecified atom stereocenters. The standard InChI is InChI=1S/C22H16ClN3O5/c23-14-7-5-13(6-8-14)18-10-9-15(31-18)11-24-19(27)12-30-22(29)20-16-3-1-2-4-17(16)21(28)26-25-20/h1-10H,11-12H2,(H,24,27)(H,26,28). The Morgan fingerprint density at radius 3 is 2.55 bits per heavy atom. The number of benzene rings is 2. The number of rotatable bonds is 6. The highest BCUT2D eigenvalue weighted by Crippen LogP contribution is 2.23. The lowest BCUT2D eigenvalue weighted by Gasteiger charge is -2.07. The summed E-state index contributed by atoms with van der Waals surface area (Å²) in [6, 6.07) is 17.2. The molecular formula is C22H16ClN3O5. The van der Waals surface area contributed by atoms with Crippen LogP contribution < -0.4 is 10.9 Å². The third-order valence-corrected chi connectivity index (χ3v) is 4.73. The molecule has 4 aromatic rings. The van der Waals surface area contributed by atoms with E-state index in [-0.39, 0.29) is 12.2 Å². The lowest BCUT2D eigenvalue weighted by atomic mass is 10.1. The Kier molecular flexibility index (Phi) is 5.81. The highest BCUT2D eigenvalue weighted by Gasteiger charge is 2.17. The van der Waals surface area contributed by atoms with Crippen LogP contribution in [-0.4, -0.2) is 28.7 Å². The maximum Gasteiger partial charge on any atom is 0.359 e. The number of carbonyl (C=O) groups excluding carboxylic acids is 2. The molecule has 156 valence electrons. The van der Waals surface area contributed by atoms with E-state index in [4.69, 9.17) is 20.8 Å². The highest BCUT2D eigenvalue weighted by molar-refractivity contribution is 6.30. The van der Waals surface area contributed by atoms with Crippen LogP contribution in [0.5, 0.6) is 0 Å². The molecule has 0 aliphatic carbocycles. The van der Waals surface area contributed by atoms with Crippen molar-refractivity contribution in [3.63, 3.8) is 0 Å². The molecule has 0 saturated heterocycles. The summed E-state index contributed by atoms with van der Waals surface area (Å²) in [5.74, 6) is -0.140. The summed E-state index contributed by atoms with van der Waals surface area (Å²) >= 11 is 5.88. The molecule has 0 radical (unpaired) electrons. The van der Waals surface area contributed by atoms with Crippen molar-refractivity contribution < 1.29 is 18.7 Å². The molecule has 0 aliphatic rings. The van der Waals surface area contributed by atoms with E-state index in [2.05, 4.69) is 15.5 Å². The molecule has 2 aromatic heterocycles. The first-order chi connectivity index (χ1) is 15.0. The number of esters is 1. The first-order valence-corrected chi connectivity index (χ1v) is 9.65. The first kappa shape index (κ1) is 20.4. The Hall–Kier alpha value is -3.91. The fourth-order valence-electron chi connectivity index (χ4n) is 2.95. The molecule has 4 rings (SSSR count). The summed E-state index contributed by atoms with van der Waals surface area (Å²) in [6.07, 6.45) is 0. The van der Waals surface area contributed by atoms with Gasteiger partial charge in [-0.3, -0.25) is 9.59 Å². The van der Waals surface area contributed by atoms with E-state index in [1.54, 1.807) is 48.5 Å². The number of aromatic nitrogens is 2. The van der Waals surface area contributed by atoms with Gasteiger partial charge in [0.05, 0.1) is 11.9 Å². The molecular weight excluding hydrogens is 422 g/mol. The number of aromatic amines is 1. The van der Waals surface area contributed by atoms with Crippen LogP contribution >= 0.6 is 11.6 Å². The van der Waals surface area contributed by atoms with Gasteiger partial charge in [0.1, 0.15) is 11.5 Å². The van der Waals surface area contributed by atoms with Gasteiger partial charge in [-0.1, -0.05) is 29.8 Å². The summed E-state index contributed by atoms with van der Waals surface area (Å²) < 4.78 is 10.7. The van der Waals surface area contributed by atoms with Gasteiger partial charge < -0.3 is 14.5 Å². The predicted octanol–water partition coefficient (Wildman–Crippen LogP) is 3.31. The third kappa shape index (κ3) is 4.65. The number of ether oxygens (including phenoxy) is 1. The molecule has 0 spiro atoms. The summed E-state index contributed by atoms with van der Waals surface area (Å²) in [5.41, 5.74) is 0.375. The van der Waals surface area contributed by atoms with E-state index in [0.29, 0.717) is 27.3 Å². The van der Waals surface area contributed by atoms with Gasteiger partial charge in [-0.15, -0.1) is 0 Å². The Balaban J connectivity index is 1.33. The maximum atomic E-state index is 12.3. The van der Waals surface area contributed by atoms with Crippen molar-refractivity contribution in [2.24, 2.45) is 0 Å². The number of halogens is 1. The van der Waals surface area contributed by atoms with Crippen LogP contribution in [0.4, 0.5) is 0 Å². The molecule has 8 nitrogen and oxygen atoms in total. The predicted molar refractivity (Wildman–Crippen MR) is 114 cm³/mol. The van der Waals surface area contributed by atoms with Crippen LogP contribution in [0.3, 0.4) is 0 Å². The molecule has 0 saturated carbocycles. The summed E-state index contributed by atoms with van der Waals surface area (Å²) in [5, 5.41) is 9.90. The van der Waals surface area contributed by atoms with E-state index >= 15 is 0 Å². The SMILES string of the molecule is O=C(COC(=O)c1n[nH]c(=O)c2ccccc12)NCc1ccc(-c2ccc(Cl)cc2)o1. The molecule has 0 bridgehead atoms. The zero-order valence-corrected chi connectivity index (χ0v) is 16.8. The largest absolute Gasteiger partial charge is 0.459 e. The molecule has 0 atom stereocenters. The second-order valence-corrected chi connectivity index (χ2v) is 7.01. The molecule has 2 N–H and O–H groups in total. The molecule has 1 amide bonds. The van der Waals surface area contributed by atoms with Gasteiger partial charge in [-0.05, 0) is 42.5 Å². The quantitative estimate of drug-likeness (QED) is 0.447. The van der Waals surface area contributed by atoms with Crippen molar-refractivity contribution in [3.05, 3.63) is 87.5 Å². The Morgan fingerprint density at radius 1 is 1.03 bits per heavy atom. The van der Waals surface area contributed by atoms with Crippen molar-refractivity contribution in [2.45, 2.75) is 6.54 Å². The zero-order chi connectivity index (χ0) is 21.8. The van der Waals surface area contributed by atoms with E-state index in [1.807, 2.05) is 12.1 Å². The number of hydrogen-bond acceptors (Lipinski definition) is 6. The van der Waals surface area contributed by atoms with Gasteiger partial charge in [0.2, 0.25) is 0 Å². The van der Waals surface area contributed by atoms with Crippen molar-refractivity contribution in [1.82, 2.24) is 15.5 Å². The fourth-order valence-corrected chi connectivity index (χ4v) is 3.07. The van der Waals surface area contributed by atoms with Gasteiger partial charge >= 0.3 is 5.97 Å². The minimum Gasteiger partial charge on any atom is -0.459 e. The monoisotopic (exact) mass is 437 g/mol. The summed E-state index contributed by atoms with van der Waals surface area (Å²) in [7, 11) is 0. The van der Waals surface area contributed by atoms with Gasteiger partial charge in [0.25, 0.3) is 11.5 Å². The second-order valence-electron chi connectivity index (χ2n) is 6.57. The normalized spacial score (nSPS) is 10.7. The number of H-pyrrole nitrogens is 1. The van der Waals surface area contributed by atoms with Gasteiger partial charge in [0.15, 0.2) is 12.3 Å². The number of nitrogens with zero attached hydrogens (tertiary/aromatic N) is 1. The lowest BCUT2D eigenvalue weighted by Crippen LogP contribution is -2.28. The van der Waals surface area contributed by atoms with Gasteiger partial charge in [0, 0.05) is 16.0 Å². The third-order valence-electron chi connectivity index (χ3n) is 4.47. The molecule has 9 heteroatoms. The van der Waals surface area contributed by atoms with Crippen molar-refractivity contribution in [1.29, 1.82) is 0 Å². The van der Waals surface area contributed by atoms with E-state index in [1.165, 1.54) is 0 Å². The van der Waals surface area contributed by atoms with Gasteiger partial charge in [-0.25, -0.2) is 9.89 Å². The van der Waals surface area contributed by atoms with E-state index < -0.39 is 24.0 Å². The highest BCUT2D eigenvalue weighted by atomic mass is 35.5. The van der Waals surface area contributed by atoms with Crippen LogP contribution in [0.2, 0.25) is 5.02 Å². The molecule has 31 heavy (non-hydrogen) atoms. The van der Waals surface area contributed by atoms with Crippen molar-refractivity contribution in [2.75, 3.05) is 6.61 Å². The summed E-state index contributed by atoms with van der Waals surface area (Å²) in [6.45, 7) is -0.372. The number of carbonyl (C=O) groups is 2. The smallest absolute Gasteiger partial charge is 0.359 e. The second kappa shape index (κ2) is 8.85. The average Bonchev–Trinajstić information content (AvgIpc) is 3.26. The Morgan fingerprint density at radius 2 is 1.77 bits per heavy atom. The lowest BCUT2D eigenvalue weighted by molar-refractivity contribution is -0.124. The van der Waals surface area contributed by atoms with Gasteiger partial charge in [-0.2, -0.15) is 5.10 Å². The fraction of sp³-hybridized carbons (Fsp3) is 0.0909. The molecule has 0 fully saturated rings. The average molecular weight is 438 g/mol. The van der Waals surface area contributed by atoms with E-state index in [0.717, 1.165) is 5.56 Å². The van der Waals surface area contributed by atoms with Crippen LogP contribution in [0.25, 0.3) is 22.1 Å². The molecule has 2 heterocycles. The maximum absolute atomic E-state index is 12.3. The minimum absolute atomic E-state index is 0.0679. The van der Waals surface area contributed by atoms with Crippen molar-refractivity contribution in [3.8, 4) is 11.3 Å². The number of amides is 1. The minimum atomic E-state index is -0.814. The van der Waals surface area contributed by atoms with Crippen molar-refractivity contribution >= 4 is 34.2 Å². The van der Waals surface area contributed by atoms with Crippen LogP contribution in [-0.2, 0) is 16.1 Å². The molecule has 2 aromatic carbocycles. The topological polar surface area (TPSA) is 114 Å². The summed E-state index contributed by atoms with van der Waals surface area (Å²) in [4.78, 5) is 36.2. The Labute approximate surface area is 180 Å². The first-order valence-electron chi connectivity index (χ1n) is 9.27. The number of furan rings is 1. The van der Waals surface area contributed by atoms with Crippen LogP contribution in [0.15, 0.2) is 69.9 Å². The number of nitrogens with one attached hydrogen (secondary N) is 2. The zero-order valence-electron chi connectivity index (χ0n) is 16.1. The molecule has 0 aliphatic heterocycles. The van der Waals surface area contributed by atoms with E-state index in [9.17, 15) is 14.4 Å². The number of fused-ring (bicyclic) bond motifs is 1. The van der Waals surface area contributed by atoms with Crippen LogP contribution in [0, 0.1) is 0 Å². The number of hydrogen-bond donors (Lipinski definition) is 2. The Bertz CT molecular complexity index is 1310.